The lowest BCUT2D eigenvalue weighted by Gasteiger charge is -2.12. The number of aromatic nitrogens is 1. The minimum Gasteiger partial charge on any atom is -0.336 e. The third-order valence-corrected chi connectivity index (χ3v) is 4.15. The van der Waals surface area contributed by atoms with Crippen LogP contribution in [0.5, 0.6) is 0 Å². The maximum atomic E-state index is 13.7. The number of benzene rings is 3. The molecule has 0 spiro atoms. The van der Waals surface area contributed by atoms with Crippen LogP contribution in [0.2, 0.25) is 0 Å². The maximum absolute atomic E-state index is 13.7. The zero-order chi connectivity index (χ0) is 16.5. The first kappa shape index (κ1) is 14.6. The summed E-state index contributed by atoms with van der Waals surface area (Å²) in [5, 5.41) is 1.05. The van der Waals surface area contributed by atoms with Crippen LogP contribution < -0.4 is 0 Å². The molecule has 0 aliphatic carbocycles. The standard InChI is InChI=1S/C21H15F2N/c22-18-10-17(11-19(23)13-18)21-12-16-8-4-5-9-20(16)24(21)14-15-6-2-1-3-7-15/h1-13H,14H2. The van der Waals surface area contributed by atoms with Gasteiger partial charge in [0, 0.05) is 34.8 Å². The van der Waals surface area contributed by atoms with Crippen LogP contribution in [0.15, 0.2) is 78.9 Å². The zero-order valence-corrected chi connectivity index (χ0v) is 12.9. The first-order valence-electron chi connectivity index (χ1n) is 7.79. The molecule has 3 aromatic carbocycles. The molecule has 0 aliphatic rings. The van der Waals surface area contributed by atoms with Gasteiger partial charge in [-0.2, -0.15) is 0 Å². The number of nitrogens with zero attached hydrogens (tertiary/aromatic N) is 1. The Kier molecular flexibility index (Phi) is 3.62. The highest BCUT2D eigenvalue weighted by molar-refractivity contribution is 5.87. The minimum atomic E-state index is -0.568. The van der Waals surface area contributed by atoms with Crippen molar-refractivity contribution in [3.05, 3.63) is 96.1 Å². The monoisotopic (exact) mass is 319 g/mol. The molecule has 1 nitrogen and oxygen atoms in total. The van der Waals surface area contributed by atoms with Gasteiger partial charge >= 0.3 is 0 Å². The highest BCUT2D eigenvalue weighted by Gasteiger charge is 2.12. The van der Waals surface area contributed by atoms with Crippen molar-refractivity contribution in [1.82, 2.24) is 4.57 Å². The van der Waals surface area contributed by atoms with E-state index in [9.17, 15) is 8.78 Å². The summed E-state index contributed by atoms with van der Waals surface area (Å²) in [5.74, 6) is -1.14. The fourth-order valence-corrected chi connectivity index (χ4v) is 3.09. The SMILES string of the molecule is Fc1cc(F)cc(-c2cc3ccccc3n2Cc2ccccc2)c1. The van der Waals surface area contributed by atoms with E-state index in [0.717, 1.165) is 28.2 Å². The van der Waals surface area contributed by atoms with Gasteiger partial charge in [-0.05, 0) is 29.8 Å². The van der Waals surface area contributed by atoms with E-state index in [0.29, 0.717) is 12.1 Å². The fourth-order valence-electron chi connectivity index (χ4n) is 3.09. The molecule has 4 aromatic rings. The van der Waals surface area contributed by atoms with Gasteiger partial charge in [-0.15, -0.1) is 0 Å². The van der Waals surface area contributed by atoms with Crippen LogP contribution in [0.25, 0.3) is 22.2 Å². The normalized spacial score (nSPS) is 11.1. The summed E-state index contributed by atoms with van der Waals surface area (Å²) in [6, 6.07) is 23.6. The molecular weight excluding hydrogens is 304 g/mol. The summed E-state index contributed by atoms with van der Waals surface area (Å²) in [6.45, 7) is 0.641. The van der Waals surface area contributed by atoms with E-state index < -0.39 is 11.6 Å². The van der Waals surface area contributed by atoms with Crippen LogP contribution in [0.4, 0.5) is 8.78 Å². The molecule has 0 N–H and O–H groups in total. The molecule has 0 unspecified atom stereocenters. The molecule has 0 atom stereocenters. The summed E-state index contributed by atoms with van der Waals surface area (Å²) < 4.78 is 29.5. The van der Waals surface area contributed by atoms with E-state index in [2.05, 4.69) is 4.57 Å². The lowest BCUT2D eigenvalue weighted by molar-refractivity contribution is 0.584. The Labute approximate surface area is 138 Å². The van der Waals surface area contributed by atoms with E-state index in [1.807, 2.05) is 60.7 Å². The summed E-state index contributed by atoms with van der Waals surface area (Å²) in [6.07, 6.45) is 0. The molecule has 4 rings (SSSR count). The van der Waals surface area contributed by atoms with Crippen LogP contribution >= 0.6 is 0 Å². The summed E-state index contributed by atoms with van der Waals surface area (Å²) in [5.41, 5.74) is 3.52. The number of hydrogen-bond acceptors (Lipinski definition) is 0. The van der Waals surface area contributed by atoms with Gasteiger partial charge in [-0.25, -0.2) is 8.78 Å². The predicted octanol–water partition coefficient (Wildman–Crippen LogP) is 5.63. The summed E-state index contributed by atoms with van der Waals surface area (Å²) >= 11 is 0. The Bertz CT molecular complexity index is 983. The van der Waals surface area contributed by atoms with Gasteiger partial charge in [0.25, 0.3) is 0 Å². The van der Waals surface area contributed by atoms with Crippen molar-refractivity contribution in [2.75, 3.05) is 0 Å². The smallest absolute Gasteiger partial charge is 0.126 e. The quantitative estimate of drug-likeness (QED) is 0.461. The first-order valence-corrected chi connectivity index (χ1v) is 7.79. The Morgan fingerprint density at radius 3 is 2.12 bits per heavy atom. The number of rotatable bonds is 3. The largest absolute Gasteiger partial charge is 0.336 e. The predicted molar refractivity (Wildman–Crippen MR) is 92.8 cm³/mol. The maximum Gasteiger partial charge on any atom is 0.126 e. The highest BCUT2D eigenvalue weighted by Crippen LogP contribution is 2.30. The van der Waals surface area contributed by atoms with Crippen LogP contribution in [0.3, 0.4) is 0 Å². The zero-order valence-electron chi connectivity index (χ0n) is 12.9. The molecule has 0 radical (unpaired) electrons. The lowest BCUT2D eigenvalue weighted by Crippen LogP contribution is -2.02. The van der Waals surface area contributed by atoms with Crippen LogP contribution in [-0.2, 0) is 6.54 Å². The molecule has 24 heavy (non-hydrogen) atoms. The number of halogens is 2. The molecule has 0 saturated heterocycles. The van der Waals surface area contributed by atoms with Crippen LogP contribution in [-0.4, -0.2) is 4.57 Å². The molecule has 1 heterocycles. The number of para-hydroxylation sites is 1. The molecule has 0 aliphatic heterocycles. The van der Waals surface area contributed by atoms with Gasteiger partial charge in [0.2, 0.25) is 0 Å². The molecular formula is C21H15F2N. The number of hydrogen-bond donors (Lipinski definition) is 0. The van der Waals surface area contributed by atoms with Crippen LogP contribution in [0.1, 0.15) is 5.56 Å². The van der Waals surface area contributed by atoms with E-state index >= 15 is 0 Å². The second-order valence-electron chi connectivity index (χ2n) is 5.82. The van der Waals surface area contributed by atoms with Crippen molar-refractivity contribution in [1.29, 1.82) is 0 Å². The second-order valence-corrected chi connectivity index (χ2v) is 5.82. The average molecular weight is 319 g/mol. The van der Waals surface area contributed by atoms with Crippen molar-refractivity contribution < 1.29 is 8.78 Å². The molecule has 1 aromatic heterocycles. The summed E-state index contributed by atoms with van der Waals surface area (Å²) in [4.78, 5) is 0. The Hall–Kier alpha value is -2.94. The van der Waals surface area contributed by atoms with Gasteiger partial charge < -0.3 is 4.57 Å². The van der Waals surface area contributed by atoms with Crippen molar-refractivity contribution in [3.63, 3.8) is 0 Å². The first-order chi connectivity index (χ1) is 11.7. The van der Waals surface area contributed by atoms with Crippen molar-refractivity contribution >= 4 is 10.9 Å². The van der Waals surface area contributed by atoms with E-state index in [4.69, 9.17) is 0 Å². The fraction of sp³-hybridized carbons (Fsp3) is 0.0476. The molecule has 3 heteroatoms. The molecule has 118 valence electrons. The van der Waals surface area contributed by atoms with Crippen molar-refractivity contribution in [3.8, 4) is 11.3 Å². The molecule has 0 saturated carbocycles. The number of fused-ring (bicyclic) bond motifs is 1. The van der Waals surface area contributed by atoms with Gasteiger partial charge in [-0.1, -0.05) is 48.5 Å². The van der Waals surface area contributed by atoms with Crippen LogP contribution in [0, 0.1) is 11.6 Å². The van der Waals surface area contributed by atoms with Crippen molar-refractivity contribution in [2.45, 2.75) is 6.54 Å². The molecule has 0 bridgehead atoms. The minimum absolute atomic E-state index is 0.541. The Balaban J connectivity index is 1.92. The third kappa shape index (κ3) is 2.69. The van der Waals surface area contributed by atoms with E-state index in [1.54, 1.807) is 0 Å². The Morgan fingerprint density at radius 2 is 1.38 bits per heavy atom. The molecule has 0 fully saturated rings. The third-order valence-electron chi connectivity index (χ3n) is 4.15. The van der Waals surface area contributed by atoms with Gasteiger partial charge in [0.15, 0.2) is 0 Å². The molecule has 0 amide bonds. The second kappa shape index (κ2) is 5.93. The average Bonchev–Trinajstić information content (AvgIpc) is 2.94. The highest BCUT2D eigenvalue weighted by atomic mass is 19.1. The summed E-state index contributed by atoms with van der Waals surface area (Å²) in [7, 11) is 0. The van der Waals surface area contributed by atoms with Crippen molar-refractivity contribution in [2.24, 2.45) is 0 Å². The van der Waals surface area contributed by atoms with E-state index in [1.165, 1.54) is 12.1 Å². The van der Waals surface area contributed by atoms with Gasteiger partial charge in [0.1, 0.15) is 11.6 Å². The van der Waals surface area contributed by atoms with Gasteiger partial charge in [-0.3, -0.25) is 0 Å². The lowest BCUT2D eigenvalue weighted by atomic mass is 10.1. The van der Waals surface area contributed by atoms with Gasteiger partial charge in [0.05, 0.1) is 0 Å². The Morgan fingerprint density at radius 1 is 0.708 bits per heavy atom. The topological polar surface area (TPSA) is 4.93 Å². The van der Waals surface area contributed by atoms with E-state index in [-0.39, 0.29) is 0 Å².